The molecule has 0 saturated carbocycles. The number of ether oxygens (including phenoxy) is 1. The van der Waals surface area contributed by atoms with Gasteiger partial charge in [0.1, 0.15) is 12.4 Å². The van der Waals surface area contributed by atoms with Gasteiger partial charge in [-0.15, -0.1) is 5.10 Å². The van der Waals surface area contributed by atoms with Crippen molar-refractivity contribution in [1.82, 2.24) is 9.78 Å². The van der Waals surface area contributed by atoms with Crippen LogP contribution in [0.15, 0.2) is 42.5 Å². The van der Waals surface area contributed by atoms with Crippen LogP contribution in [0.4, 0.5) is 0 Å². The molecule has 0 spiro atoms. The highest BCUT2D eigenvalue weighted by Crippen LogP contribution is 2.34. The molecule has 0 fully saturated rings. The van der Waals surface area contributed by atoms with Crippen molar-refractivity contribution in [2.24, 2.45) is 0 Å². The minimum Gasteiger partial charge on any atom is -0.469 e. The lowest BCUT2D eigenvalue weighted by molar-refractivity contribution is -0.108. The van der Waals surface area contributed by atoms with Gasteiger partial charge in [-0.3, -0.25) is 4.68 Å². The van der Waals surface area contributed by atoms with Gasteiger partial charge in [0.25, 0.3) is 0 Å². The number of rotatable bonds is 5. The van der Waals surface area contributed by atoms with Crippen LogP contribution in [0, 0.1) is 6.92 Å². The quantitative estimate of drug-likeness (QED) is 0.626. The zero-order valence-corrected chi connectivity index (χ0v) is 12.7. The number of benzene rings is 1. The number of nitrogens with zero attached hydrogens (tertiary/aromatic N) is 2. The molecule has 0 saturated heterocycles. The van der Waals surface area contributed by atoms with Crippen LogP contribution in [0.1, 0.15) is 25.0 Å². The van der Waals surface area contributed by atoms with E-state index in [4.69, 9.17) is 4.74 Å². The summed E-state index contributed by atoms with van der Waals surface area (Å²) in [5, 5.41) is 4.50. The van der Waals surface area contributed by atoms with E-state index in [2.05, 4.69) is 17.3 Å². The molecule has 0 radical (unpaired) electrons. The van der Waals surface area contributed by atoms with Crippen LogP contribution < -0.4 is 4.74 Å². The Morgan fingerprint density at radius 2 is 2.18 bits per heavy atom. The topological polar surface area (TPSA) is 44.1 Å². The summed E-state index contributed by atoms with van der Waals surface area (Å²) >= 11 is 0. The van der Waals surface area contributed by atoms with E-state index in [1.54, 1.807) is 4.68 Å². The molecule has 1 aromatic heterocycles. The molecule has 1 atom stereocenters. The standard InChI is InChI=1S/C18H20N2O2/c1-14-17(15-8-4-2-5-9-15)18(19-20(14)12-13-21)22-16-10-6-3-7-11-16/h2,4-6,8-10,13,16H,3,7,11-12H2,1H3. The Morgan fingerprint density at radius 3 is 2.86 bits per heavy atom. The number of allylic oxidation sites excluding steroid dienone is 1. The van der Waals surface area contributed by atoms with Crippen molar-refractivity contribution < 1.29 is 9.53 Å². The Balaban J connectivity index is 1.99. The highest BCUT2D eigenvalue weighted by Gasteiger charge is 2.20. The predicted octanol–water partition coefficient (Wildman–Crippen LogP) is 3.54. The minimum absolute atomic E-state index is 0.0650. The molecule has 1 aromatic carbocycles. The summed E-state index contributed by atoms with van der Waals surface area (Å²) in [6.07, 6.45) is 8.44. The van der Waals surface area contributed by atoms with Gasteiger partial charge in [-0.1, -0.05) is 36.4 Å². The van der Waals surface area contributed by atoms with Crippen LogP contribution in [0.2, 0.25) is 0 Å². The average molecular weight is 296 g/mol. The van der Waals surface area contributed by atoms with Crippen molar-refractivity contribution in [3.05, 3.63) is 48.2 Å². The Labute approximate surface area is 130 Å². The molecule has 1 aliphatic rings. The van der Waals surface area contributed by atoms with E-state index in [0.29, 0.717) is 5.88 Å². The highest BCUT2D eigenvalue weighted by atomic mass is 16.5. The van der Waals surface area contributed by atoms with Crippen molar-refractivity contribution in [3.63, 3.8) is 0 Å². The molecule has 1 heterocycles. The van der Waals surface area contributed by atoms with Gasteiger partial charge in [-0.05, 0) is 37.8 Å². The number of carbonyl (C=O) groups is 1. The molecule has 4 nitrogen and oxygen atoms in total. The van der Waals surface area contributed by atoms with E-state index in [9.17, 15) is 4.79 Å². The smallest absolute Gasteiger partial charge is 0.241 e. The molecule has 22 heavy (non-hydrogen) atoms. The van der Waals surface area contributed by atoms with E-state index in [-0.39, 0.29) is 12.6 Å². The second-order valence-electron chi connectivity index (χ2n) is 5.50. The van der Waals surface area contributed by atoms with Crippen LogP contribution in [0.5, 0.6) is 5.88 Å². The molecule has 1 unspecified atom stereocenters. The van der Waals surface area contributed by atoms with E-state index in [1.165, 1.54) is 0 Å². The Hall–Kier alpha value is -2.36. The van der Waals surface area contributed by atoms with Crippen LogP contribution in [0.3, 0.4) is 0 Å². The third-order valence-electron chi connectivity index (χ3n) is 3.96. The first-order chi connectivity index (χ1) is 10.8. The predicted molar refractivity (Wildman–Crippen MR) is 85.9 cm³/mol. The van der Waals surface area contributed by atoms with Crippen LogP contribution in [-0.2, 0) is 11.3 Å². The van der Waals surface area contributed by atoms with Gasteiger partial charge in [-0.25, -0.2) is 0 Å². The number of aromatic nitrogens is 2. The molecule has 3 rings (SSSR count). The lowest BCUT2D eigenvalue weighted by Crippen LogP contribution is -2.16. The third-order valence-corrected chi connectivity index (χ3v) is 3.96. The van der Waals surface area contributed by atoms with Gasteiger partial charge in [0.15, 0.2) is 0 Å². The fourth-order valence-corrected chi connectivity index (χ4v) is 2.81. The van der Waals surface area contributed by atoms with Crippen LogP contribution in [-0.4, -0.2) is 22.2 Å². The van der Waals surface area contributed by atoms with Gasteiger partial charge in [0.2, 0.25) is 5.88 Å². The van der Waals surface area contributed by atoms with E-state index in [0.717, 1.165) is 42.4 Å². The van der Waals surface area contributed by atoms with Crippen molar-refractivity contribution in [1.29, 1.82) is 0 Å². The maximum Gasteiger partial charge on any atom is 0.241 e. The fourth-order valence-electron chi connectivity index (χ4n) is 2.81. The van der Waals surface area contributed by atoms with E-state index >= 15 is 0 Å². The Kier molecular flexibility index (Phi) is 4.37. The first kappa shape index (κ1) is 14.6. The normalized spacial score (nSPS) is 17.4. The number of carbonyl (C=O) groups excluding carboxylic acids is 1. The lowest BCUT2D eigenvalue weighted by Gasteiger charge is -2.17. The SMILES string of the molecule is Cc1c(-c2ccccc2)c(OC2C=CCCC2)nn1CC=O. The molecule has 4 heteroatoms. The van der Waals surface area contributed by atoms with Gasteiger partial charge in [0, 0.05) is 5.69 Å². The summed E-state index contributed by atoms with van der Waals surface area (Å²) in [4.78, 5) is 10.9. The summed E-state index contributed by atoms with van der Waals surface area (Å²) in [5.41, 5.74) is 2.99. The number of hydrogen-bond donors (Lipinski definition) is 0. The summed E-state index contributed by atoms with van der Waals surface area (Å²) in [7, 11) is 0. The van der Waals surface area contributed by atoms with Crippen molar-refractivity contribution in [2.75, 3.05) is 0 Å². The zero-order chi connectivity index (χ0) is 15.4. The molecule has 0 N–H and O–H groups in total. The largest absolute Gasteiger partial charge is 0.469 e. The molecule has 0 bridgehead atoms. The second-order valence-corrected chi connectivity index (χ2v) is 5.50. The van der Waals surface area contributed by atoms with Crippen molar-refractivity contribution in [3.8, 4) is 17.0 Å². The summed E-state index contributed by atoms with van der Waals surface area (Å²) in [6, 6.07) is 10.1. The first-order valence-corrected chi connectivity index (χ1v) is 7.69. The monoisotopic (exact) mass is 296 g/mol. The second kappa shape index (κ2) is 6.60. The summed E-state index contributed by atoms with van der Waals surface area (Å²) in [6.45, 7) is 2.22. The number of aldehydes is 1. The molecule has 2 aromatic rings. The summed E-state index contributed by atoms with van der Waals surface area (Å²) < 4.78 is 7.82. The molecular formula is C18H20N2O2. The maximum atomic E-state index is 10.9. The van der Waals surface area contributed by atoms with Crippen molar-refractivity contribution in [2.45, 2.75) is 38.8 Å². The third kappa shape index (κ3) is 2.96. The van der Waals surface area contributed by atoms with Crippen LogP contribution in [0.25, 0.3) is 11.1 Å². The fraction of sp³-hybridized carbons (Fsp3) is 0.333. The Bertz CT molecular complexity index is 674. The van der Waals surface area contributed by atoms with E-state index in [1.807, 2.05) is 37.3 Å². The van der Waals surface area contributed by atoms with Gasteiger partial charge < -0.3 is 9.53 Å². The van der Waals surface area contributed by atoms with Gasteiger partial charge >= 0.3 is 0 Å². The minimum atomic E-state index is 0.0650. The Morgan fingerprint density at radius 1 is 1.36 bits per heavy atom. The highest BCUT2D eigenvalue weighted by molar-refractivity contribution is 5.71. The summed E-state index contributed by atoms with van der Waals surface area (Å²) in [5.74, 6) is 0.613. The molecule has 114 valence electrons. The van der Waals surface area contributed by atoms with Crippen molar-refractivity contribution >= 4 is 6.29 Å². The first-order valence-electron chi connectivity index (χ1n) is 7.69. The molecular weight excluding hydrogens is 276 g/mol. The van der Waals surface area contributed by atoms with Gasteiger partial charge in [-0.2, -0.15) is 0 Å². The molecule has 0 aliphatic heterocycles. The van der Waals surface area contributed by atoms with Gasteiger partial charge in [0.05, 0.1) is 12.1 Å². The maximum absolute atomic E-state index is 10.9. The number of hydrogen-bond acceptors (Lipinski definition) is 3. The lowest BCUT2D eigenvalue weighted by atomic mass is 10.0. The van der Waals surface area contributed by atoms with E-state index < -0.39 is 0 Å². The zero-order valence-electron chi connectivity index (χ0n) is 12.7. The van der Waals surface area contributed by atoms with Crippen LogP contribution >= 0.6 is 0 Å². The molecule has 1 aliphatic carbocycles. The average Bonchev–Trinajstić information content (AvgIpc) is 2.85. The molecule has 0 amide bonds.